The summed E-state index contributed by atoms with van der Waals surface area (Å²) >= 11 is 0.818. The maximum absolute atomic E-state index is 12.4. The van der Waals surface area contributed by atoms with E-state index in [1.807, 2.05) is 25.1 Å². The molecule has 7 heteroatoms. The fourth-order valence-corrected chi connectivity index (χ4v) is 3.15. The first kappa shape index (κ1) is 16.9. The molecule has 1 aliphatic heterocycles. The summed E-state index contributed by atoms with van der Waals surface area (Å²) in [5.41, 5.74) is 2.35. The SMILES string of the molecule is Cc1cccc(NC(=O)CN2C(=O)S/C(=C/c3cccnc3)C2=O)c1. The number of carbonyl (C=O) groups excluding carboxylic acids is 3. The Labute approximate surface area is 148 Å². The summed E-state index contributed by atoms with van der Waals surface area (Å²) < 4.78 is 0. The average Bonchev–Trinajstić information content (AvgIpc) is 2.83. The Kier molecular flexibility index (Phi) is 4.95. The second-order valence-corrected chi connectivity index (χ2v) is 6.47. The van der Waals surface area contributed by atoms with Gasteiger partial charge >= 0.3 is 0 Å². The van der Waals surface area contributed by atoms with Gasteiger partial charge in [-0.2, -0.15) is 0 Å². The van der Waals surface area contributed by atoms with Gasteiger partial charge in [0.1, 0.15) is 6.54 Å². The quantitative estimate of drug-likeness (QED) is 0.855. The molecule has 3 rings (SSSR count). The molecule has 1 N–H and O–H groups in total. The van der Waals surface area contributed by atoms with Gasteiger partial charge in [0.2, 0.25) is 5.91 Å². The monoisotopic (exact) mass is 353 g/mol. The molecule has 1 aliphatic rings. The highest BCUT2D eigenvalue weighted by atomic mass is 32.2. The van der Waals surface area contributed by atoms with E-state index in [4.69, 9.17) is 0 Å². The summed E-state index contributed by atoms with van der Waals surface area (Å²) in [6.45, 7) is 1.60. The van der Waals surface area contributed by atoms with Crippen LogP contribution in [-0.4, -0.2) is 33.5 Å². The van der Waals surface area contributed by atoms with Crippen LogP contribution in [0.1, 0.15) is 11.1 Å². The van der Waals surface area contributed by atoms with Gasteiger partial charge in [-0.25, -0.2) is 0 Å². The van der Waals surface area contributed by atoms with Crippen molar-refractivity contribution in [3.05, 3.63) is 64.8 Å². The van der Waals surface area contributed by atoms with Crippen LogP contribution >= 0.6 is 11.8 Å². The number of anilines is 1. The first-order chi connectivity index (χ1) is 12.0. The maximum Gasteiger partial charge on any atom is 0.294 e. The molecule has 1 aromatic heterocycles. The molecule has 0 saturated carbocycles. The second-order valence-electron chi connectivity index (χ2n) is 5.47. The van der Waals surface area contributed by atoms with Gasteiger partial charge in [0.05, 0.1) is 4.91 Å². The zero-order valence-corrected chi connectivity index (χ0v) is 14.2. The maximum atomic E-state index is 12.4. The minimum absolute atomic E-state index is 0.279. The molecule has 3 amide bonds. The van der Waals surface area contributed by atoms with Crippen LogP contribution in [0.2, 0.25) is 0 Å². The standard InChI is InChI=1S/C18H15N3O3S/c1-12-4-2-6-14(8-12)20-16(22)11-21-17(23)15(25-18(21)24)9-13-5-3-7-19-10-13/h2-10H,11H2,1H3,(H,20,22)/b15-9+. The fourth-order valence-electron chi connectivity index (χ4n) is 2.32. The van der Waals surface area contributed by atoms with Crippen LogP contribution in [0.4, 0.5) is 10.5 Å². The van der Waals surface area contributed by atoms with Crippen LogP contribution < -0.4 is 5.32 Å². The minimum Gasteiger partial charge on any atom is -0.325 e. The molecule has 1 aromatic carbocycles. The lowest BCUT2D eigenvalue weighted by atomic mass is 10.2. The lowest BCUT2D eigenvalue weighted by molar-refractivity contribution is -0.127. The Bertz CT molecular complexity index is 865. The van der Waals surface area contributed by atoms with Crippen molar-refractivity contribution in [3.63, 3.8) is 0 Å². The van der Waals surface area contributed by atoms with Gasteiger partial charge < -0.3 is 5.32 Å². The van der Waals surface area contributed by atoms with E-state index in [1.165, 1.54) is 0 Å². The first-order valence-electron chi connectivity index (χ1n) is 7.55. The number of benzene rings is 1. The van der Waals surface area contributed by atoms with Gasteiger partial charge in [0.15, 0.2) is 0 Å². The van der Waals surface area contributed by atoms with E-state index >= 15 is 0 Å². The highest BCUT2D eigenvalue weighted by molar-refractivity contribution is 8.18. The van der Waals surface area contributed by atoms with Crippen molar-refractivity contribution >= 4 is 40.6 Å². The number of hydrogen-bond acceptors (Lipinski definition) is 5. The molecule has 1 fully saturated rings. The predicted octanol–water partition coefficient (Wildman–Crippen LogP) is 3.07. The minimum atomic E-state index is -0.474. The molecule has 0 bridgehead atoms. The smallest absolute Gasteiger partial charge is 0.294 e. The molecule has 0 radical (unpaired) electrons. The third-order valence-electron chi connectivity index (χ3n) is 3.46. The fraction of sp³-hybridized carbons (Fsp3) is 0.111. The molecule has 2 heterocycles. The van der Waals surface area contributed by atoms with Crippen LogP contribution in [0.3, 0.4) is 0 Å². The van der Waals surface area contributed by atoms with Crippen molar-refractivity contribution in [2.24, 2.45) is 0 Å². The van der Waals surface area contributed by atoms with Crippen LogP contribution in [-0.2, 0) is 9.59 Å². The zero-order chi connectivity index (χ0) is 17.8. The highest BCUT2D eigenvalue weighted by Gasteiger charge is 2.36. The van der Waals surface area contributed by atoms with Crippen LogP contribution in [0.15, 0.2) is 53.7 Å². The van der Waals surface area contributed by atoms with Gasteiger partial charge in [-0.15, -0.1) is 0 Å². The molecule has 0 atom stereocenters. The molecule has 0 spiro atoms. The van der Waals surface area contributed by atoms with Crippen molar-refractivity contribution in [2.45, 2.75) is 6.92 Å². The molecular formula is C18H15N3O3S. The zero-order valence-electron chi connectivity index (χ0n) is 13.4. The van der Waals surface area contributed by atoms with E-state index in [2.05, 4.69) is 10.3 Å². The summed E-state index contributed by atoms with van der Waals surface area (Å²) in [4.78, 5) is 41.8. The Balaban J connectivity index is 1.68. The number of rotatable bonds is 4. The lowest BCUT2D eigenvalue weighted by Gasteiger charge is -2.12. The van der Waals surface area contributed by atoms with Crippen molar-refractivity contribution in [1.82, 2.24) is 9.88 Å². The number of carbonyl (C=O) groups is 3. The number of aryl methyl sites for hydroxylation is 1. The predicted molar refractivity (Wildman–Crippen MR) is 96.7 cm³/mol. The van der Waals surface area contributed by atoms with E-state index in [0.29, 0.717) is 5.69 Å². The molecular weight excluding hydrogens is 338 g/mol. The van der Waals surface area contributed by atoms with Gasteiger partial charge in [-0.05, 0) is 54.1 Å². The number of nitrogens with zero attached hydrogens (tertiary/aromatic N) is 2. The summed E-state index contributed by atoms with van der Waals surface area (Å²) in [6, 6.07) is 10.8. The number of amides is 3. The molecule has 126 valence electrons. The Morgan fingerprint density at radius 2 is 2.12 bits per heavy atom. The lowest BCUT2D eigenvalue weighted by Crippen LogP contribution is -2.36. The van der Waals surface area contributed by atoms with Gasteiger partial charge in [-0.1, -0.05) is 18.2 Å². The van der Waals surface area contributed by atoms with Crippen molar-refractivity contribution in [3.8, 4) is 0 Å². The molecule has 0 aliphatic carbocycles. The van der Waals surface area contributed by atoms with Crippen molar-refractivity contribution in [1.29, 1.82) is 0 Å². The highest BCUT2D eigenvalue weighted by Crippen LogP contribution is 2.31. The third kappa shape index (κ3) is 4.13. The van der Waals surface area contributed by atoms with Gasteiger partial charge in [0.25, 0.3) is 11.1 Å². The number of hydrogen-bond donors (Lipinski definition) is 1. The normalized spacial score (nSPS) is 15.7. The second kappa shape index (κ2) is 7.31. The first-order valence-corrected chi connectivity index (χ1v) is 8.36. The van der Waals surface area contributed by atoms with Crippen LogP contribution in [0.5, 0.6) is 0 Å². The topological polar surface area (TPSA) is 79.4 Å². The Hall–Kier alpha value is -2.93. The van der Waals surface area contributed by atoms with E-state index in [9.17, 15) is 14.4 Å². The van der Waals surface area contributed by atoms with E-state index in [-0.39, 0.29) is 11.4 Å². The molecule has 0 unspecified atom stereocenters. The largest absolute Gasteiger partial charge is 0.325 e. The van der Waals surface area contributed by atoms with Crippen LogP contribution in [0.25, 0.3) is 6.08 Å². The van der Waals surface area contributed by atoms with Gasteiger partial charge in [0, 0.05) is 18.1 Å². The molecule has 25 heavy (non-hydrogen) atoms. The van der Waals surface area contributed by atoms with E-state index < -0.39 is 17.1 Å². The average molecular weight is 353 g/mol. The Morgan fingerprint density at radius 1 is 1.28 bits per heavy atom. The number of pyridine rings is 1. The summed E-state index contributed by atoms with van der Waals surface area (Å²) in [5.74, 6) is -0.895. The summed E-state index contributed by atoms with van der Waals surface area (Å²) in [6.07, 6.45) is 4.81. The summed E-state index contributed by atoms with van der Waals surface area (Å²) in [7, 11) is 0. The summed E-state index contributed by atoms with van der Waals surface area (Å²) in [5, 5.41) is 2.23. The molecule has 6 nitrogen and oxygen atoms in total. The van der Waals surface area contributed by atoms with Crippen LogP contribution in [0, 0.1) is 6.92 Å². The van der Waals surface area contributed by atoms with Gasteiger partial charge in [-0.3, -0.25) is 24.3 Å². The van der Waals surface area contributed by atoms with E-state index in [1.54, 1.807) is 36.7 Å². The van der Waals surface area contributed by atoms with Crippen molar-refractivity contribution < 1.29 is 14.4 Å². The van der Waals surface area contributed by atoms with E-state index in [0.717, 1.165) is 27.8 Å². The molecule has 2 aromatic rings. The van der Waals surface area contributed by atoms with Crippen molar-refractivity contribution in [2.75, 3.05) is 11.9 Å². The molecule has 1 saturated heterocycles. The Morgan fingerprint density at radius 3 is 2.84 bits per heavy atom. The number of aromatic nitrogens is 1. The number of nitrogens with one attached hydrogen (secondary N) is 1. The third-order valence-corrected chi connectivity index (χ3v) is 4.37. The number of thioether (sulfide) groups is 1. The number of imide groups is 1.